The lowest BCUT2D eigenvalue weighted by atomic mass is 9.97. The van der Waals surface area contributed by atoms with Gasteiger partial charge in [-0.3, -0.25) is 0 Å². The van der Waals surface area contributed by atoms with E-state index >= 15 is 0 Å². The number of aliphatic hydroxyl groups excluding tert-OH is 8. The van der Waals surface area contributed by atoms with E-state index in [1.165, 1.54) is 0 Å². The molecule has 0 aromatic heterocycles. The molecule has 2 aliphatic rings. The first-order valence-electron chi connectivity index (χ1n) is 7.08. The van der Waals surface area contributed by atoms with Crippen LogP contribution in [0.2, 0.25) is 0 Å². The van der Waals surface area contributed by atoms with Crippen molar-refractivity contribution in [2.24, 2.45) is 0 Å². The second-order valence-corrected chi connectivity index (χ2v) is 5.53. The smallest absolute Gasteiger partial charge is 0.187 e. The molecule has 0 saturated carbocycles. The van der Waals surface area contributed by atoms with Crippen LogP contribution in [0, 0.1) is 0 Å². The third-order valence-corrected chi connectivity index (χ3v) is 3.98. The van der Waals surface area contributed by atoms with Gasteiger partial charge in [0.05, 0.1) is 13.2 Å². The molecule has 0 bridgehead atoms. The van der Waals surface area contributed by atoms with Gasteiger partial charge < -0.3 is 55.1 Å². The Bertz CT molecular complexity index is 380. The zero-order valence-corrected chi connectivity index (χ0v) is 12.0. The average Bonchev–Trinajstić information content (AvgIpc) is 2.54. The quantitative estimate of drug-likeness (QED) is 0.243. The summed E-state index contributed by atoms with van der Waals surface area (Å²) in [6, 6.07) is 0. The Morgan fingerprint density at radius 1 is 0.652 bits per heavy atom. The summed E-state index contributed by atoms with van der Waals surface area (Å²) >= 11 is 0. The summed E-state index contributed by atoms with van der Waals surface area (Å²) in [6.07, 6.45) is -15.6. The molecule has 0 aromatic rings. The van der Waals surface area contributed by atoms with E-state index in [0.29, 0.717) is 0 Å². The number of aliphatic hydroxyl groups is 8. The van der Waals surface area contributed by atoms with Crippen LogP contribution in [0.15, 0.2) is 0 Å². The van der Waals surface area contributed by atoms with Gasteiger partial charge in [-0.25, -0.2) is 0 Å². The van der Waals surface area contributed by atoms with Crippen molar-refractivity contribution < 1.29 is 55.1 Å². The molecule has 0 unspecified atom stereocenters. The molecule has 0 aliphatic carbocycles. The maximum absolute atomic E-state index is 9.94. The van der Waals surface area contributed by atoms with Crippen LogP contribution in [0.3, 0.4) is 0 Å². The van der Waals surface area contributed by atoms with E-state index < -0.39 is 74.6 Å². The largest absolute Gasteiger partial charge is 0.394 e. The van der Waals surface area contributed by atoms with Crippen molar-refractivity contribution in [3.8, 4) is 0 Å². The molecule has 0 spiro atoms. The molecule has 2 fully saturated rings. The summed E-state index contributed by atoms with van der Waals surface area (Å²) < 4.78 is 15.1. The highest BCUT2D eigenvalue weighted by Gasteiger charge is 2.50. The molecular weight excluding hydrogens is 320 g/mol. The first kappa shape index (κ1) is 18.9. The Morgan fingerprint density at radius 3 is 1.74 bits per heavy atom. The Labute approximate surface area is 130 Å². The third-order valence-electron chi connectivity index (χ3n) is 3.98. The van der Waals surface area contributed by atoms with Crippen molar-refractivity contribution in [2.45, 2.75) is 61.4 Å². The van der Waals surface area contributed by atoms with Crippen LogP contribution < -0.4 is 0 Å². The molecule has 0 amide bonds. The van der Waals surface area contributed by atoms with E-state index in [1.807, 2.05) is 0 Å². The zero-order chi connectivity index (χ0) is 17.3. The van der Waals surface area contributed by atoms with E-state index in [0.717, 1.165) is 0 Å². The fourth-order valence-corrected chi connectivity index (χ4v) is 2.55. The van der Waals surface area contributed by atoms with Gasteiger partial charge in [0, 0.05) is 0 Å². The van der Waals surface area contributed by atoms with Gasteiger partial charge in [-0.15, -0.1) is 0 Å². The van der Waals surface area contributed by atoms with Crippen LogP contribution in [0.4, 0.5) is 0 Å². The van der Waals surface area contributed by atoms with Gasteiger partial charge in [0.15, 0.2) is 12.6 Å². The first-order valence-corrected chi connectivity index (χ1v) is 7.08. The predicted molar refractivity (Wildman–Crippen MR) is 68.6 cm³/mol. The van der Waals surface area contributed by atoms with E-state index in [-0.39, 0.29) is 0 Å². The molecule has 11 heteroatoms. The monoisotopic (exact) mass is 342 g/mol. The standard InChI is InChI=1S/C12H22O11/c13-1-3-6(16)8(18)10(11(20)21-3)23-12-9(19)7(17)5(15)4(2-14)22-12/h3-20H,1-2H2/t3-,4-,5+,6+,7+,8+,9-,10-,11-,12-/m1/s1. The predicted octanol–water partition coefficient (Wildman–Crippen LogP) is -5.40. The van der Waals surface area contributed by atoms with Crippen molar-refractivity contribution in [2.75, 3.05) is 13.2 Å². The van der Waals surface area contributed by atoms with Crippen molar-refractivity contribution in [3.05, 3.63) is 0 Å². The molecule has 23 heavy (non-hydrogen) atoms. The summed E-state index contributed by atoms with van der Waals surface area (Å²) in [5.74, 6) is 0. The van der Waals surface area contributed by atoms with Crippen LogP contribution in [0.1, 0.15) is 0 Å². The van der Waals surface area contributed by atoms with Crippen LogP contribution in [-0.2, 0) is 14.2 Å². The Balaban J connectivity index is 2.08. The maximum Gasteiger partial charge on any atom is 0.187 e. The molecule has 10 atom stereocenters. The molecule has 11 nitrogen and oxygen atoms in total. The topological polar surface area (TPSA) is 190 Å². The average molecular weight is 342 g/mol. The minimum absolute atomic E-state index is 0.651. The normalized spacial score (nSPS) is 51.7. The van der Waals surface area contributed by atoms with Crippen LogP contribution in [-0.4, -0.2) is 115 Å². The van der Waals surface area contributed by atoms with Crippen molar-refractivity contribution in [1.29, 1.82) is 0 Å². The Morgan fingerprint density at radius 2 is 1.17 bits per heavy atom. The summed E-state index contributed by atoms with van der Waals surface area (Å²) in [6.45, 7) is -1.33. The van der Waals surface area contributed by atoms with Gasteiger partial charge in [0.25, 0.3) is 0 Å². The Kier molecular flexibility index (Phi) is 6.27. The minimum atomic E-state index is -1.75. The number of rotatable bonds is 4. The highest BCUT2D eigenvalue weighted by atomic mass is 16.7. The maximum atomic E-state index is 9.94. The number of hydrogen-bond acceptors (Lipinski definition) is 11. The lowest BCUT2D eigenvalue weighted by Crippen LogP contribution is -2.64. The Hall–Kier alpha value is -0.440. The van der Waals surface area contributed by atoms with E-state index in [1.54, 1.807) is 0 Å². The van der Waals surface area contributed by atoms with Gasteiger partial charge in [-0.05, 0) is 0 Å². The zero-order valence-electron chi connectivity index (χ0n) is 12.0. The summed E-state index contributed by atoms with van der Waals surface area (Å²) in [4.78, 5) is 0. The van der Waals surface area contributed by atoms with E-state index in [9.17, 15) is 30.6 Å². The molecule has 0 aromatic carbocycles. The molecule has 2 aliphatic heterocycles. The third kappa shape index (κ3) is 3.65. The minimum Gasteiger partial charge on any atom is -0.394 e. The summed E-state index contributed by atoms with van der Waals surface area (Å²) in [5, 5.41) is 76.7. The fraction of sp³-hybridized carbons (Fsp3) is 1.00. The van der Waals surface area contributed by atoms with Gasteiger partial charge in [0.1, 0.15) is 48.8 Å². The molecule has 2 heterocycles. The van der Waals surface area contributed by atoms with Gasteiger partial charge >= 0.3 is 0 Å². The molecule has 2 rings (SSSR count). The molecule has 136 valence electrons. The van der Waals surface area contributed by atoms with Crippen LogP contribution in [0.25, 0.3) is 0 Å². The highest BCUT2D eigenvalue weighted by Crippen LogP contribution is 2.28. The summed E-state index contributed by atoms with van der Waals surface area (Å²) in [7, 11) is 0. The molecule has 8 N–H and O–H groups in total. The van der Waals surface area contributed by atoms with Crippen LogP contribution >= 0.6 is 0 Å². The molecule has 0 radical (unpaired) electrons. The molecular formula is C12H22O11. The molecule has 2 saturated heterocycles. The van der Waals surface area contributed by atoms with Crippen LogP contribution in [0.5, 0.6) is 0 Å². The van der Waals surface area contributed by atoms with Gasteiger partial charge in [-0.2, -0.15) is 0 Å². The SMILES string of the molecule is OC[C@H]1O[C@H](O[C@@H]2[C@@H](O)[C@@H](O)[C@@H](CO)O[C@H]2O)[C@H](O)[C@@H](O)[C@H]1O. The van der Waals surface area contributed by atoms with Crippen molar-refractivity contribution in [1.82, 2.24) is 0 Å². The number of ether oxygens (including phenoxy) is 3. The van der Waals surface area contributed by atoms with E-state index in [2.05, 4.69) is 0 Å². The summed E-state index contributed by atoms with van der Waals surface area (Å²) in [5.41, 5.74) is 0. The second-order valence-electron chi connectivity index (χ2n) is 5.53. The van der Waals surface area contributed by atoms with E-state index in [4.69, 9.17) is 24.4 Å². The van der Waals surface area contributed by atoms with Crippen molar-refractivity contribution in [3.63, 3.8) is 0 Å². The fourth-order valence-electron chi connectivity index (χ4n) is 2.55. The highest BCUT2D eigenvalue weighted by molar-refractivity contribution is 4.93. The van der Waals surface area contributed by atoms with Gasteiger partial charge in [0.2, 0.25) is 0 Å². The second kappa shape index (κ2) is 7.63. The lowest BCUT2D eigenvalue weighted by Gasteiger charge is -2.44. The lowest BCUT2D eigenvalue weighted by molar-refractivity contribution is -0.361. The first-order chi connectivity index (χ1) is 10.8. The van der Waals surface area contributed by atoms with Crippen molar-refractivity contribution >= 4 is 0 Å². The number of hydrogen-bond donors (Lipinski definition) is 8. The van der Waals surface area contributed by atoms with Gasteiger partial charge in [-0.1, -0.05) is 0 Å².